The molecule has 8 aromatic rings. The molecule has 0 spiro atoms. The molecule has 0 fully saturated rings. The van der Waals surface area contributed by atoms with Crippen LogP contribution < -0.4 is 4.90 Å². The van der Waals surface area contributed by atoms with Crippen LogP contribution in [-0.4, -0.2) is 0 Å². The number of para-hydroxylation sites is 2. The summed E-state index contributed by atoms with van der Waals surface area (Å²) in [5.74, 6) is 0.507. The van der Waals surface area contributed by atoms with Crippen LogP contribution in [0.4, 0.5) is 17.1 Å². The molecule has 0 saturated heterocycles. The fraction of sp³-hybridized carbons (Fsp3) is 0.0196. The quantitative estimate of drug-likeness (QED) is 0.164. The second-order valence-corrected chi connectivity index (χ2v) is 13.6. The van der Waals surface area contributed by atoms with E-state index in [0.29, 0.717) is 5.92 Å². The monoisotopic (exact) mass is 661 g/mol. The Kier molecular flexibility index (Phi) is 7.29. The Hall–Kier alpha value is -6.70. The molecule has 10 rings (SSSR count). The van der Waals surface area contributed by atoms with Gasteiger partial charge in [0.1, 0.15) is 0 Å². The predicted molar refractivity (Wildman–Crippen MR) is 221 cm³/mol. The minimum Gasteiger partial charge on any atom is -0.309 e. The Balaban J connectivity index is 1.22. The van der Waals surface area contributed by atoms with Crippen LogP contribution in [0, 0.1) is 5.92 Å². The smallest absolute Gasteiger partial charge is 0.0540 e. The van der Waals surface area contributed by atoms with Gasteiger partial charge in [-0.15, -0.1) is 0 Å². The molecule has 1 atom stereocenters. The van der Waals surface area contributed by atoms with Gasteiger partial charge < -0.3 is 4.90 Å². The summed E-state index contributed by atoms with van der Waals surface area (Å²) in [6.07, 6.45) is 7.01. The van der Waals surface area contributed by atoms with Gasteiger partial charge in [-0.3, -0.25) is 0 Å². The van der Waals surface area contributed by atoms with E-state index in [1.807, 2.05) is 0 Å². The van der Waals surface area contributed by atoms with Crippen molar-refractivity contribution in [3.8, 4) is 44.5 Å². The Labute approximate surface area is 305 Å². The van der Waals surface area contributed by atoms with Gasteiger partial charge in [-0.2, -0.15) is 0 Å². The summed E-state index contributed by atoms with van der Waals surface area (Å²) < 4.78 is 0. The van der Waals surface area contributed by atoms with Gasteiger partial charge in [0.25, 0.3) is 0 Å². The zero-order valence-corrected chi connectivity index (χ0v) is 28.7. The zero-order valence-electron chi connectivity index (χ0n) is 28.7. The number of fused-ring (bicyclic) bond motifs is 4. The van der Waals surface area contributed by atoms with Gasteiger partial charge in [-0.1, -0.05) is 182 Å². The number of hydrogen-bond acceptors (Lipinski definition) is 1. The minimum absolute atomic E-state index is 0.507. The fourth-order valence-corrected chi connectivity index (χ4v) is 8.09. The first-order valence-corrected chi connectivity index (χ1v) is 18.1. The first-order valence-electron chi connectivity index (χ1n) is 18.1. The molecule has 0 amide bonds. The third-order valence-corrected chi connectivity index (χ3v) is 10.6. The predicted octanol–water partition coefficient (Wildman–Crippen LogP) is 14.0. The van der Waals surface area contributed by atoms with E-state index in [9.17, 15) is 0 Å². The average molecular weight is 662 g/mol. The van der Waals surface area contributed by atoms with E-state index in [1.165, 1.54) is 72.0 Å². The zero-order chi connectivity index (χ0) is 34.4. The van der Waals surface area contributed by atoms with Gasteiger partial charge in [0.2, 0.25) is 0 Å². The molecule has 0 bridgehead atoms. The second-order valence-electron chi connectivity index (χ2n) is 13.6. The number of anilines is 3. The molecule has 0 heterocycles. The second kappa shape index (κ2) is 12.6. The summed E-state index contributed by atoms with van der Waals surface area (Å²) in [7, 11) is 0. The van der Waals surface area contributed by atoms with E-state index in [0.717, 1.165) is 17.1 Å². The largest absolute Gasteiger partial charge is 0.309 e. The van der Waals surface area contributed by atoms with Gasteiger partial charge in [-0.05, 0) is 85.1 Å². The van der Waals surface area contributed by atoms with Crippen molar-refractivity contribution in [3.05, 3.63) is 211 Å². The molecule has 0 radical (unpaired) electrons. The molecular weight excluding hydrogens is 627 g/mol. The maximum Gasteiger partial charge on any atom is 0.0540 e. The topological polar surface area (TPSA) is 3.24 Å². The van der Waals surface area contributed by atoms with Crippen molar-refractivity contribution in [2.45, 2.75) is 0 Å². The lowest BCUT2D eigenvalue weighted by Crippen LogP contribution is -2.12. The van der Waals surface area contributed by atoms with Crippen LogP contribution in [-0.2, 0) is 0 Å². The van der Waals surface area contributed by atoms with Crippen LogP contribution in [0.15, 0.2) is 200 Å². The van der Waals surface area contributed by atoms with Crippen LogP contribution >= 0.6 is 0 Å². The number of rotatable bonds is 7. The van der Waals surface area contributed by atoms with E-state index < -0.39 is 0 Å². The minimum atomic E-state index is 0.507. The lowest BCUT2D eigenvalue weighted by Gasteiger charge is -2.30. The third-order valence-electron chi connectivity index (χ3n) is 10.6. The summed E-state index contributed by atoms with van der Waals surface area (Å²) in [5, 5.41) is 2.48. The highest BCUT2D eigenvalue weighted by molar-refractivity contribution is 6.09. The summed E-state index contributed by atoms with van der Waals surface area (Å²) in [5.41, 5.74) is 17.1. The molecule has 244 valence electrons. The number of hydrogen-bond donors (Lipinski definition) is 0. The Morgan fingerprint density at radius 1 is 0.385 bits per heavy atom. The Bertz CT molecular complexity index is 2680. The summed E-state index contributed by atoms with van der Waals surface area (Å²) in [6.45, 7) is 0. The number of allylic oxidation sites excluding steroid dienone is 3. The van der Waals surface area contributed by atoms with E-state index >= 15 is 0 Å². The number of nitrogens with zero attached hydrogens (tertiary/aromatic N) is 1. The Morgan fingerprint density at radius 2 is 0.923 bits per heavy atom. The molecule has 52 heavy (non-hydrogen) atoms. The SMILES string of the molecule is C1=C[C@H]2C=C2c2cccc(-c3cccc(N(c4ccccc4-c4ccccc4)c4ccccc4-c4cccc5cccc(-c6ccccc6)c45)c3)c21. The highest BCUT2D eigenvalue weighted by Crippen LogP contribution is 2.50. The molecule has 2 aliphatic rings. The molecule has 2 aliphatic carbocycles. The van der Waals surface area contributed by atoms with E-state index in [4.69, 9.17) is 0 Å². The van der Waals surface area contributed by atoms with E-state index in [2.05, 4.69) is 211 Å². The maximum atomic E-state index is 2.47. The molecule has 0 saturated carbocycles. The van der Waals surface area contributed by atoms with Crippen LogP contribution in [0.3, 0.4) is 0 Å². The van der Waals surface area contributed by atoms with Crippen molar-refractivity contribution in [2.75, 3.05) is 4.90 Å². The van der Waals surface area contributed by atoms with Crippen LogP contribution in [0.5, 0.6) is 0 Å². The lowest BCUT2D eigenvalue weighted by molar-refractivity contribution is 1.25. The van der Waals surface area contributed by atoms with Crippen molar-refractivity contribution in [2.24, 2.45) is 5.92 Å². The first-order chi connectivity index (χ1) is 25.8. The van der Waals surface area contributed by atoms with Gasteiger partial charge in [0.15, 0.2) is 0 Å². The lowest BCUT2D eigenvalue weighted by atomic mass is 9.89. The summed E-state index contributed by atoms with van der Waals surface area (Å²) in [6, 6.07) is 68.4. The van der Waals surface area contributed by atoms with Gasteiger partial charge in [0.05, 0.1) is 11.4 Å². The van der Waals surface area contributed by atoms with E-state index in [-0.39, 0.29) is 0 Å². The molecule has 0 N–H and O–H groups in total. The highest BCUT2D eigenvalue weighted by Gasteiger charge is 2.29. The maximum absolute atomic E-state index is 2.47. The summed E-state index contributed by atoms with van der Waals surface area (Å²) >= 11 is 0. The van der Waals surface area contributed by atoms with Crippen molar-refractivity contribution in [3.63, 3.8) is 0 Å². The molecule has 0 unspecified atom stereocenters. The van der Waals surface area contributed by atoms with Crippen molar-refractivity contribution in [1.82, 2.24) is 0 Å². The van der Waals surface area contributed by atoms with Crippen molar-refractivity contribution < 1.29 is 0 Å². The number of benzene rings is 8. The standard InChI is InChI=1S/C51H35N/c1-3-15-35(16-4-1)42-23-7-9-29-49(42)52(40-22-11-21-38(33-40)41-25-14-27-44-45(41)32-31-39-34-48(39)44)50-30-10-8-24-46(50)47-28-13-20-37-19-12-26-43(51(37)47)36-17-5-2-6-18-36/h1-34,39H/t39-/m0/s1. The van der Waals surface area contributed by atoms with Crippen molar-refractivity contribution in [1.29, 1.82) is 0 Å². The van der Waals surface area contributed by atoms with Crippen LogP contribution in [0.1, 0.15) is 11.1 Å². The normalized spacial score (nSPS) is 14.0. The van der Waals surface area contributed by atoms with Gasteiger partial charge in [0, 0.05) is 22.7 Å². The van der Waals surface area contributed by atoms with Gasteiger partial charge in [-0.25, -0.2) is 0 Å². The first kappa shape index (κ1) is 30.2. The van der Waals surface area contributed by atoms with Gasteiger partial charge >= 0.3 is 0 Å². The van der Waals surface area contributed by atoms with Crippen LogP contribution in [0.25, 0.3) is 66.9 Å². The average Bonchev–Trinajstić information content (AvgIpc) is 4.03. The van der Waals surface area contributed by atoms with Crippen LogP contribution in [0.2, 0.25) is 0 Å². The molecular formula is C51H35N. The molecule has 0 aromatic heterocycles. The fourth-order valence-electron chi connectivity index (χ4n) is 8.09. The summed E-state index contributed by atoms with van der Waals surface area (Å²) in [4.78, 5) is 2.47. The molecule has 1 nitrogen and oxygen atoms in total. The molecule has 0 aliphatic heterocycles. The molecule has 1 heteroatoms. The molecule has 8 aromatic carbocycles. The Morgan fingerprint density at radius 3 is 1.69 bits per heavy atom. The van der Waals surface area contributed by atoms with E-state index in [1.54, 1.807) is 0 Å². The van der Waals surface area contributed by atoms with Crippen molar-refractivity contribution >= 4 is 39.5 Å². The highest BCUT2D eigenvalue weighted by atomic mass is 15.1. The third kappa shape index (κ3) is 5.18.